The molecule has 1 N–H and O–H groups in total. The molecule has 0 spiro atoms. The molecule has 0 aliphatic carbocycles. The first kappa shape index (κ1) is 13.7. The van der Waals surface area contributed by atoms with Crippen molar-refractivity contribution in [3.8, 4) is 11.5 Å². The van der Waals surface area contributed by atoms with Crippen LogP contribution in [-0.2, 0) is 20.7 Å². The number of carboxylic acids is 1. The molecule has 2 heterocycles. The molecule has 1 aromatic carbocycles. The highest BCUT2D eigenvalue weighted by Gasteiger charge is 2.29. The molecule has 1 atom stereocenters. The van der Waals surface area contributed by atoms with Gasteiger partial charge in [-0.15, -0.1) is 0 Å². The van der Waals surface area contributed by atoms with Crippen molar-refractivity contribution in [1.29, 1.82) is 0 Å². The lowest BCUT2D eigenvalue weighted by Crippen LogP contribution is -2.49. The van der Waals surface area contributed by atoms with E-state index in [0.717, 1.165) is 5.56 Å². The Kier molecular flexibility index (Phi) is 3.66. The number of aliphatic carboxylic acids is 1. The molecule has 3 rings (SSSR count). The zero-order chi connectivity index (χ0) is 14.8. The summed E-state index contributed by atoms with van der Waals surface area (Å²) in [5, 5.41) is 8.94. The minimum absolute atomic E-state index is 0.0821. The first-order valence-electron chi connectivity index (χ1n) is 6.64. The second kappa shape index (κ2) is 5.61. The van der Waals surface area contributed by atoms with Crippen LogP contribution in [0.3, 0.4) is 0 Å². The van der Waals surface area contributed by atoms with Crippen molar-refractivity contribution < 1.29 is 28.9 Å². The SMILES string of the molecule is O=C(O)C1CN(C(=O)Cc2ccc3c(c2)OCO3)CCO1. The van der Waals surface area contributed by atoms with Gasteiger partial charge in [0, 0.05) is 6.54 Å². The summed E-state index contributed by atoms with van der Waals surface area (Å²) in [6.07, 6.45) is -0.748. The molecular formula is C14H15NO6. The normalized spacial score (nSPS) is 20.4. The van der Waals surface area contributed by atoms with Crippen molar-refractivity contribution in [3.05, 3.63) is 23.8 Å². The average molecular weight is 293 g/mol. The van der Waals surface area contributed by atoms with Crippen LogP contribution in [0.2, 0.25) is 0 Å². The van der Waals surface area contributed by atoms with Crippen molar-refractivity contribution in [2.45, 2.75) is 12.5 Å². The second-order valence-electron chi connectivity index (χ2n) is 4.90. The fraction of sp³-hybridized carbons (Fsp3) is 0.429. The molecule has 2 aliphatic rings. The van der Waals surface area contributed by atoms with Gasteiger partial charge < -0.3 is 24.2 Å². The van der Waals surface area contributed by atoms with Crippen LogP contribution in [0, 0.1) is 0 Å². The Labute approximate surface area is 121 Å². The molecule has 7 nitrogen and oxygen atoms in total. The van der Waals surface area contributed by atoms with Gasteiger partial charge in [-0.2, -0.15) is 0 Å². The molecule has 0 radical (unpaired) electrons. The number of morpholine rings is 1. The van der Waals surface area contributed by atoms with E-state index in [-0.39, 0.29) is 32.3 Å². The van der Waals surface area contributed by atoms with E-state index in [1.807, 2.05) is 0 Å². The number of hydrogen-bond acceptors (Lipinski definition) is 5. The van der Waals surface area contributed by atoms with Crippen LogP contribution in [0.5, 0.6) is 11.5 Å². The quantitative estimate of drug-likeness (QED) is 0.861. The van der Waals surface area contributed by atoms with Gasteiger partial charge in [0.15, 0.2) is 17.6 Å². The van der Waals surface area contributed by atoms with Crippen molar-refractivity contribution >= 4 is 11.9 Å². The van der Waals surface area contributed by atoms with Crippen molar-refractivity contribution in [2.24, 2.45) is 0 Å². The summed E-state index contributed by atoms with van der Waals surface area (Å²) in [6, 6.07) is 5.35. The number of nitrogens with zero attached hydrogens (tertiary/aromatic N) is 1. The lowest BCUT2D eigenvalue weighted by molar-refractivity contribution is -0.159. The molecule has 2 aliphatic heterocycles. The van der Waals surface area contributed by atoms with Gasteiger partial charge in [0.2, 0.25) is 12.7 Å². The highest BCUT2D eigenvalue weighted by molar-refractivity contribution is 5.80. The molecule has 0 aromatic heterocycles. The van der Waals surface area contributed by atoms with Gasteiger partial charge in [0.1, 0.15) is 0 Å². The smallest absolute Gasteiger partial charge is 0.334 e. The highest BCUT2D eigenvalue weighted by atomic mass is 16.7. The maximum absolute atomic E-state index is 12.2. The minimum atomic E-state index is -1.05. The summed E-state index contributed by atoms with van der Waals surface area (Å²) in [7, 11) is 0. The van der Waals surface area contributed by atoms with E-state index >= 15 is 0 Å². The molecule has 0 saturated carbocycles. The molecule has 1 unspecified atom stereocenters. The lowest BCUT2D eigenvalue weighted by atomic mass is 10.1. The third-order valence-electron chi connectivity index (χ3n) is 3.49. The number of carbonyl (C=O) groups excluding carboxylic acids is 1. The van der Waals surface area contributed by atoms with E-state index in [2.05, 4.69) is 0 Å². The van der Waals surface area contributed by atoms with Crippen molar-refractivity contribution in [2.75, 3.05) is 26.5 Å². The van der Waals surface area contributed by atoms with Gasteiger partial charge in [-0.3, -0.25) is 4.79 Å². The maximum Gasteiger partial charge on any atom is 0.334 e. The van der Waals surface area contributed by atoms with Gasteiger partial charge in [0.25, 0.3) is 0 Å². The monoisotopic (exact) mass is 293 g/mol. The molecule has 21 heavy (non-hydrogen) atoms. The van der Waals surface area contributed by atoms with Crippen LogP contribution in [-0.4, -0.2) is 54.5 Å². The number of fused-ring (bicyclic) bond motifs is 1. The van der Waals surface area contributed by atoms with E-state index in [4.69, 9.17) is 19.3 Å². The molecule has 1 amide bonds. The fourth-order valence-corrected chi connectivity index (χ4v) is 2.36. The van der Waals surface area contributed by atoms with Crippen LogP contribution in [0.25, 0.3) is 0 Å². The first-order valence-corrected chi connectivity index (χ1v) is 6.64. The van der Waals surface area contributed by atoms with E-state index < -0.39 is 12.1 Å². The van der Waals surface area contributed by atoms with Crippen LogP contribution in [0.4, 0.5) is 0 Å². The predicted molar refractivity (Wildman–Crippen MR) is 70.2 cm³/mol. The third-order valence-corrected chi connectivity index (χ3v) is 3.49. The fourth-order valence-electron chi connectivity index (χ4n) is 2.36. The Morgan fingerprint density at radius 3 is 2.90 bits per heavy atom. The van der Waals surface area contributed by atoms with E-state index in [1.165, 1.54) is 4.90 Å². The van der Waals surface area contributed by atoms with Crippen LogP contribution in [0.1, 0.15) is 5.56 Å². The van der Waals surface area contributed by atoms with Gasteiger partial charge in [-0.25, -0.2) is 4.79 Å². The first-order chi connectivity index (χ1) is 10.1. The minimum Gasteiger partial charge on any atom is -0.479 e. The summed E-state index contributed by atoms with van der Waals surface area (Å²) in [5.41, 5.74) is 0.808. The molecule has 112 valence electrons. The Balaban J connectivity index is 1.64. The molecular weight excluding hydrogens is 278 g/mol. The molecule has 7 heteroatoms. The van der Waals surface area contributed by atoms with Gasteiger partial charge in [-0.1, -0.05) is 6.07 Å². The number of hydrogen-bond donors (Lipinski definition) is 1. The van der Waals surface area contributed by atoms with Crippen LogP contribution in [0.15, 0.2) is 18.2 Å². The Morgan fingerprint density at radius 1 is 1.29 bits per heavy atom. The number of carboxylic acid groups (broad SMARTS) is 1. The summed E-state index contributed by atoms with van der Waals surface area (Å²) in [6.45, 7) is 0.923. The molecule has 1 aromatic rings. The van der Waals surface area contributed by atoms with E-state index in [1.54, 1.807) is 18.2 Å². The second-order valence-corrected chi connectivity index (χ2v) is 4.90. The van der Waals surface area contributed by atoms with Gasteiger partial charge in [0.05, 0.1) is 19.6 Å². The number of carbonyl (C=O) groups is 2. The number of rotatable bonds is 3. The third kappa shape index (κ3) is 2.92. The van der Waals surface area contributed by atoms with Crippen molar-refractivity contribution in [3.63, 3.8) is 0 Å². The largest absolute Gasteiger partial charge is 0.479 e. The molecule has 1 saturated heterocycles. The average Bonchev–Trinajstić information content (AvgIpc) is 2.95. The Morgan fingerprint density at radius 2 is 2.10 bits per heavy atom. The summed E-state index contributed by atoms with van der Waals surface area (Å²) >= 11 is 0. The van der Waals surface area contributed by atoms with E-state index in [9.17, 15) is 9.59 Å². The van der Waals surface area contributed by atoms with Gasteiger partial charge in [-0.05, 0) is 17.7 Å². The maximum atomic E-state index is 12.2. The summed E-state index contributed by atoms with van der Waals surface area (Å²) in [4.78, 5) is 24.7. The zero-order valence-corrected chi connectivity index (χ0v) is 11.3. The highest BCUT2D eigenvalue weighted by Crippen LogP contribution is 2.32. The Hall–Kier alpha value is -2.28. The number of benzene rings is 1. The van der Waals surface area contributed by atoms with Gasteiger partial charge >= 0.3 is 5.97 Å². The summed E-state index contributed by atoms with van der Waals surface area (Å²) in [5.74, 6) is 0.133. The van der Waals surface area contributed by atoms with Crippen LogP contribution >= 0.6 is 0 Å². The molecule has 0 bridgehead atoms. The summed E-state index contributed by atoms with van der Waals surface area (Å²) < 4.78 is 15.6. The molecule has 1 fully saturated rings. The lowest BCUT2D eigenvalue weighted by Gasteiger charge is -2.31. The Bertz CT molecular complexity index is 573. The topological polar surface area (TPSA) is 85.3 Å². The predicted octanol–water partition coefficient (Wildman–Crippen LogP) is 0.270. The zero-order valence-electron chi connectivity index (χ0n) is 11.3. The number of amides is 1. The number of ether oxygens (including phenoxy) is 3. The van der Waals surface area contributed by atoms with Crippen LogP contribution < -0.4 is 9.47 Å². The van der Waals surface area contributed by atoms with E-state index in [0.29, 0.717) is 18.0 Å². The standard InChI is InChI=1S/C14H15NO6/c16-13(15-3-4-19-12(7-15)14(17)18)6-9-1-2-10-11(5-9)21-8-20-10/h1-2,5,12H,3-4,6-8H2,(H,17,18). The van der Waals surface area contributed by atoms with Crippen molar-refractivity contribution in [1.82, 2.24) is 4.90 Å².